The van der Waals surface area contributed by atoms with Crippen molar-refractivity contribution in [3.8, 4) is 0 Å². The third-order valence-corrected chi connectivity index (χ3v) is 7.47. The summed E-state index contributed by atoms with van der Waals surface area (Å²) in [5, 5.41) is 12.1. The fourth-order valence-electron chi connectivity index (χ4n) is 5.27. The molecule has 0 radical (unpaired) electrons. The van der Waals surface area contributed by atoms with Crippen LogP contribution in [0.15, 0.2) is 54.6 Å². The van der Waals surface area contributed by atoms with Gasteiger partial charge in [-0.2, -0.15) is 5.10 Å². The van der Waals surface area contributed by atoms with E-state index in [-0.39, 0.29) is 29.9 Å². The van der Waals surface area contributed by atoms with Gasteiger partial charge < -0.3 is 10.6 Å². The second kappa shape index (κ2) is 10.4. The number of nitrogens with one attached hydrogen (secondary N) is 2. The number of amides is 1. The molecule has 0 spiro atoms. The van der Waals surface area contributed by atoms with Crippen molar-refractivity contribution in [3.63, 3.8) is 0 Å². The average Bonchev–Trinajstić information content (AvgIpc) is 3.23. The molecule has 0 bridgehead atoms. The smallest absolute Gasteiger partial charge is 0.257 e. The van der Waals surface area contributed by atoms with E-state index in [0.29, 0.717) is 12.0 Å². The Bertz CT molecular complexity index is 1150. The third kappa shape index (κ3) is 4.97. The van der Waals surface area contributed by atoms with Crippen molar-refractivity contribution in [2.24, 2.45) is 0 Å². The Kier molecular flexibility index (Phi) is 8.00. The minimum atomic E-state index is -0.423. The molecule has 0 saturated heterocycles. The van der Waals surface area contributed by atoms with Crippen LogP contribution in [0, 0.1) is 6.92 Å². The first kappa shape index (κ1) is 26.8. The van der Waals surface area contributed by atoms with Crippen molar-refractivity contribution in [2.45, 2.75) is 84.3 Å². The van der Waals surface area contributed by atoms with Gasteiger partial charge in [0.2, 0.25) is 0 Å². The Hall–Kier alpha value is -2.79. The molecule has 0 fully saturated rings. The number of fused-ring (bicyclic) bond motifs is 1. The molecular formula is C29H39ClN4O. The van der Waals surface area contributed by atoms with Crippen molar-refractivity contribution >= 4 is 24.1 Å². The molecule has 3 aromatic rings. The highest BCUT2D eigenvalue weighted by Crippen LogP contribution is 2.41. The van der Waals surface area contributed by atoms with Gasteiger partial charge in [-0.1, -0.05) is 80.9 Å². The molecule has 188 valence electrons. The van der Waals surface area contributed by atoms with Crippen LogP contribution < -0.4 is 10.6 Å². The zero-order valence-electron chi connectivity index (χ0n) is 21.8. The molecule has 1 aliphatic rings. The molecule has 0 saturated carbocycles. The van der Waals surface area contributed by atoms with E-state index in [1.165, 1.54) is 11.1 Å². The van der Waals surface area contributed by atoms with Gasteiger partial charge in [0, 0.05) is 0 Å². The lowest BCUT2D eigenvalue weighted by Gasteiger charge is -2.38. The molecule has 5 nitrogen and oxygen atoms in total. The SMILES string of the molecule is CCc1nn2c(c1C(=O)NC(CC)(CC)c1ccc(C)cc1)NC(c1ccccc1)CC2(C)C.Cl. The lowest BCUT2D eigenvalue weighted by Crippen LogP contribution is -2.45. The Balaban J connectivity index is 0.00000342. The highest BCUT2D eigenvalue weighted by Gasteiger charge is 2.40. The summed E-state index contributed by atoms with van der Waals surface area (Å²) < 4.78 is 2.03. The van der Waals surface area contributed by atoms with E-state index >= 15 is 0 Å². The summed E-state index contributed by atoms with van der Waals surface area (Å²) in [5.41, 5.74) is 4.46. The summed E-state index contributed by atoms with van der Waals surface area (Å²) in [4.78, 5) is 14.0. The number of aryl methyl sites for hydroxylation is 2. The maximum Gasteiger partial charge on any atom is 0.257 e. The topological polar surface area (TPSA) is 59.0 Å². The molecular weight excluding hydrogens is 456 g/mol. The standard InChI is InChI=1S/C29H38N4O.ClH/c1-7-23-25(27(34)31-29(8-2,9-3)22-17-15-20(4)16-18-22)26-30-24(21-13-11-10-12-14-21)19-28(5,6)33(26)32-23;/h10-18,24,30H,7-9,19H2,1-6H3,(H,31,34);1H. The van der Waals surface area contributed by atoms with Crippen LogP contribution in [-0.2, 0) is 17.5 Å². The minimum Gasteiger partial charge on any atom is -0.363 e. The maximum atomic E-state index is 14.0. The molecule has 2 aromatic carbocycles. The first-order valence-electron chi connectivity index (χ1n) is 12.6. The van der Waals surface area contributed by atoms with Gasteiger partial charge in [0.1, 0.15) is 11.4 Å². The van der Waals surface area contributed by atoms with Gasteiger partial charge in [0.05, 0.1) is 22.8 Å². The lowest BCUT2D eigenvalue weighted by atomic mass is 9.84. The largest absolute Gasteiger partial charge is 0.363 e. The summed E-state index contributed by atoms with van der Waals surface area (Å²) >= 11 is 0. The molecule has 1 aliphatic heterocycles. The number of rotatable bonds is 7. The van der Waals surface area contributed by atoms with E-state index in [9.17, 15) is 4.79 Å². The molecule has 0 aliphatic carbocycles. The number of nitrogens with zero attached hydrogens (tertiary/aromatic N) is 2. The fraction of sp³-hybridized carbons (Fsp3) is 0.448. The highest BCUT2D eigenvalue weighted by atomic mass is 35.5. The molecule has 1 amide bonds. The molecule has 35 heavy (non-hydrogen) atoms. The van der Waals surface area contributed by atoms with Gasteiger partial charge in [-0.05, 0) is 57.6 Å². The van der Waals surface area contributed by atoms with Crippen molar-refractivity contribution in [3.05, 3.63) is 82.5 Å². The molecule has 1 atom stereocenters. The first-order valence-corrected chi connectivity index (χ1v) is 12.6. The predicted molar refractivity (Wildman–Crippen MR) is 147 cm³/mol. The number of anilines is 1. The second-order valence-corrected chi connectivity index (χ2v) is 10.2. The summed E-state index contributed by atoms with van der Waals surface area (Å²) in [7, 11) is 0. The van der Waals surface area contributed by atoms with E-state index in [0.717, 1.165) is 36.3 Å². The van der Waals surface area contributed by atoms with Gasteiger partial charge in [0.15, 0.2) is 0 Å². The van der Waals surface area contributed by atoms with E-state index < -0.39 is 5.54 Å². The van der Waals surface area contributed by atoms with Crippen LogP contribution in [0.2, 0.25) is 0 Å². The summed E-state index contributed by atoms with van der Waals surface area (Å²) in [6.45, 7) is 12.9. The van der Waals surface area contributed by atoms with Gasteiger partial charge in [-0.3, -0.25) is 4.79 Å². The Labute approximate surface area is 216 Å². The monoisotopic (exact) mass is 494 g/mol. The number of hydrogen-bond donors (Lipinski definition) is 2. The molecule has 1 aromatic heterocycles. The van der Waals surface area contributed by atoms with E-state index in [1.807, 2.05) is 10.7 Å². The van der Waals surface area contributed by atoms with Crippen LogP contribution in [0.4, 0.5) is 5.82 Å². The summed E-state index contributed by atoms with van der Waals surface area (Å²) in [6, 6.07) is 19.1. The lowest BCUT2D eigenvalue weighted by molar-refractivity contribution is 0.0889. The maximum absolute atomic E-state index is 14.0. The highest BCUT2D eigenvalue weighted by molar-refractivity contribution is 6.01. The van der Waals surface area contributed by atoms with Crippen molar-refractivity contribution in [2.75, 3.05) is 5.32 Å². The zero-order chi connectivity index (χ0) is 24.5. The number of hydrogen-bond acceptors (Lipinski definition) is 3. The molecule has 6 heteroatoms. The third-order valence-electron chi connectivity index (χ3n) is 7.47. The van der Waals surface area contributed by atoms with Crippen LogP contribution in [0.1, 0.15) is 92.7 Å². The quantitative estimate of drug-likeness (QED) is 0.375. The predicted octanol–water partition coefficient (Wildman–Crippen LogP) is 6.91. The number of carbonyl (C=O) groups excluding carboxylic acids is 1. The Morgan fingerprint density at radius 3 is 2.29 bits per heavy atom. The number of benzene rings is 2. The van der Waals surface area contributed by atoms with Crippen molar-refractivity contribution < 1.29 is 4.79 Å². The second-order valence-electron chi connectivity index (χ2n) is 10.2. The molecule has 1 unspecified atom stereocenters. The van der Waals surface area contributed by atoms with Crippen LogP contribution in [0.5, 0.6) is 0 Å². The normalized spacial score (nSPS) is 16.6. The zero-order valence-corrected chi connectivity index (χ0v) is 22.6. The molecule has 2 N–H and O–H groups in total. The van der Waals surface area contributed by atoms with Gasteiger partial charge in [0.25, 0.3) is 5.91 Å². The fourth-order valence-corrected chi connectivity index (χ4v) is 5.27. The Morgan fingerprint density at radius 1 is 1.09 bits per heavy atom. The van der Waals surface area contributed by atoms with Crippen LogP contribution >= 0.6 is 12.4 Å². The molecule has 4 rings (SSSR count). The van der Waals surface area contributed by atoms with Crippen LogP contribution in [0.3, 0.4) is 0 Å². The average molecular weight is 495 g/mol. The summed E-state index contributed by atoms with van der Waals surface area (Å²) in [6.07, 6.45) is 3.23. The Morgan fingerprint density at radius 2 is 1.71 bits per heavy atom. The van der Waals surface area contributed by atoms with E-state index in [1.54, 1.807) is 0 Å². The first-order chi connectivity index (χ1) is 16.2. The van der Waals surface area contributed by atoms with Crippen LogP contribution in [0.25, 0.3) is 0 Å². The van der Waals surface area contributed by atoms with Crippen LogP contribution in [-0.4, -0.2) is 15.7 Å². The summed E-state index contributed by atoms with van der Waals surface area (Å²) in [5.74, 6) is 0.767. The van der Waals surface area contributed by atoms with E-state index in [2.05, 4.69) is 101 Å². The van der Waals surface area contributed by atoms with Gasteiger partial charge in [-0.25, -0.2) is 4.68 Å². The van der Waals surface area contributed by atoms with E-state index in [4.69, 9.17) is 5.10 Å². The van der Waals surface area contributed by atoms with Gasteiger partial charge >= 0.3 is 0 Å². The number of aromatic nitrogens is 2. The number of halogens is 1. The van der Waals surface area contributed by atoms with Crippen molar-refractivity contribution in [1.29, 1.82) is 0 Å². The van der Waals surface area contributed by atoms with Gasteiger partial charge in [-0.15, -0.1) is 12.4 Å². The number of carbonyl (C=O) groups is 1. The minimum absolute atomic E-state index is 0. The van der Waals surface area contributed by atoms with Crippen molar-refractivity contribution in [1.82, 2.24) is 15.1 Å². The molecule has 2 heterocycles.